The molecule has 0 radical (unpaired) electrons. The summed E-state index contributed by atoms with van der Waals surface area (Å²) in [7, 11) is 0. The summed E-state index contributed by atoms with van der Waals surface area (Å²) in [4.78, 5) is 15.5. The van der Waals surface area contributed by atoms with Crippen molar-refractivity contribution in [3.8, 4) is 0 Å². The molecule has 24 heavy (non-hydrogen) atoms. The largest absolute Gasteiger partial charge is 0.463 e. The van der Waals surface area contributed by atoms with Gasteiger partial charge in [-0.25, -0.2) is 9.78 Å². The van der Waals surface area contributed by atoms with Crippen molar-refractivity contribution in [2.45, 2.75) is 33.4 Å². The van der Waals surface area contributed by atoms with E-state index >= 15 is 0 Å². The number of imidazole rings is 1. The Bertz CT molecular complexity index is 660. The Kier molecular flexibility index (Phi) is 7.23. The number of rotatable bonds is 9. The van der Waals surface area contributed by atoms with Gasteiger partial charge in [-0.15, -0.1) is 0 Å². The van der Waals surface area contributed by atoms with Crippen LogP contribution in [0, 0.1) is 6.92 Å². The van der Waals surface area contributed by atoms with Crippen molar-refractivity contribution >= 4 is 12.0 Å². The standard InChI is InChI=1S/C19H25N3O2/c1-3-24-19(23)10-9-17-5-7-18(8-6-17)15-20-11-4-13-22-14-12-21-16(22)2/h5-10,12,14,20H,3-4,11,13,15H2,1-2H3. The summed E-state index contributed by atoms with van der Waals surface area (Å²) in [5.41, 5.74) is 2.21. The van der Waals surface area contributed by atoms with Crippen LogP contribution in [-0.2, 0) is 22.6 Å². The van der Waals surface area contributed by atoms with Crippen molar-refractivity contribution in [1.82, 2.24) is 14.9 Å². The predicted molar refractivity (Wildman–Crippen MR) is 95.4 cm³/mol. The number of nitrogens with one attached hydrogen (secondary N) is 1. The Hall–Kier alpha value is -2.40. The maximum absolute atomic E-state index is 11.3. The van der Waals surface area contributed by atoms with Crippen molar-refractivity contribution < 1.29 is 9.53 Å². The van der Waals surface area contributed by atoms with Crippen molar-refractivity contribution in [3.05, 3.63) is 59.7 Å². The average molecular weight is 327 g/mol. The molecule has 0 fully saturated rings. The molecule has 5 heteroatoms. The number of hydrogen-bond acceptors (Lipinski definition) is 4. The summed E-state index contributed by atoms with van der Waals surface area (Å²) in [6.45, 7) is 6.99. The summed E-state index contributed by atoms with van der Waals surface area (Å²) in [6, 6.07) is 8.14. The number of benzene rings is 1. The van der Waals surface area contributed by atoms with Gasteiger partial charge in [-0.2, -0.15) is 0 Å². The highest BCUT2D eigenvalue weighted by molar-refractivity contribution is 5.86. The highest BCUT2D eigenvalue weighted by atomic mass is 16.5. The van der Waals surface area contributed by atoms with Crippen LogP contribution < -0.4 is 5.32 Å². The molecule has 0 spiro atoms. The van der Waals surface area contributed by atoms with Crippen LogP contribution in [0.4, 0.5) is 0 Å². The second-order valence-electron chi connectivity index (χ2n) is 5.53. The molecule has 1 heterocycles. The van der Waals surface area contributed by atoms with Crippen molar-refractivity contribution in [3.63, 3.8) is 0 Å². The van der Waals surface area contributed by atoms with Crippen molar-refractivity contribution in [2.75, 3.05) is 13.2 Å². The zero-order valence-electron chi connectivity index (χ0n) is 14.4. The second kappa shape index (κ2) is 9.67. The Morgan fingerprint density at radius 1 is 1.33 bits per heavy atom. The van der Waals surface area contributed by atoms with Gasteiger partial charge in [0.2, 0.25) is 0 Å². The molecule has 128 valence electrons. The minimum atomic E-state index is -0.309. The fourth-order valence-corrected chi connectivity index (χ4v) is 2.35. The van der Waals surface area contributed by atoms with Gasteiger partial charge < -0.3 is 14.6 Å². The van der Waals surface area contributed by atoms with Crippen LogP contribution in [-0.4, -0.2) is 28.7 Å². The third-order valence-electron chi connectivity index (χ3n) is 3.68. The monoisotopic (exact) mass is 327 g/mol. The molecule has 0 aliphatic rings. The topological polar surface area (TPSA) is 56.1 Å². The van der Waals surface area contributed by atoms with Gasteiger partial charge >= 0.3 is 5.97 Å². The molecule has 2 rings (SSSR count). The highest BCUT2D eigenvalue weighted by Crippen LogP contribution is 2.06. The molecule has 0 unspecified atom stereocenters. The van der Waals surface area contributed by atoms with Crippen LogP contribution in [0.25, 0.3) is 6.08 Å². The number of aryl methyl sites for hydroxylation is 2. The van der Waals surface area contributed by atoms with Gasteiger partial charge in [0, 0.05) is 31.6 Å². The fourth-order valence-electron chi connectivity index (χ4n) is 2.35. The molecular formula is C19H25N3O2. The predicted octanol–water partition coefficient (Wildman–Crippen LogP) is 2.95. The first-order valence-electron chi connectivity index (χ1n) is 8.31. The summed E-state index contributed by atoms with van der Waals surface area (Å²) < 4.78 is 7.02. The zero-order valence-corrected chi connectivity index (χ0v) is 14.4. The molecule has 0 aliphatic heterocycles. The molecule has 1 aromatic heterocycles. The van der Waals surface area contributed by atoms with E-state index in [2.05, 4.69) is 27.0 Å². The number of nitrogens with zero attached hydrogens (tertiary/aromatic N) is 2. The van der Waals surface area contributed by atoms with Crippen LogP contribution >= 0.6 is 0 Å². The molecule has 0 saturated carbocycles. The van der Waals surface area contributed by atoms with E-state index in [-0.39, 0.29) is 5.97 Å². The summed E-state index contributed by atoms with van der Waals surface area (Å²) >= 11 is 0. The lowest BCUT2D eigenvalue weighted by Crippen LogP contribution is -2.16. The van der Waals surface area contributed by atoms with Crippen molar-refractivity contribution in [1.29, 1.82) is 0 Å². The normalized spacial score (nSPS) is 11.1. The summed E-state index contributed by atoms with van der Waals surface area (Å²) in [6.07, 6.45) is 8.13. The van der Waals surface area contributed by atoms with Gasteiger partial charge in [0.25, 0.3) is 0 Å². The van der Waals surface area contributed by atoms with Gasteiger partial charge in [-0.3, -0.25) is 0 Å². The molecule has 0 amide bonds. The maximum atomic E-state index is 11.3. The van der Waals surface area contributed by atoms with Gasteiger partial charge in [0.1, 0.15) is 5.82 Å². The average Bonchev–Trinajstić information content (AvgIpc) is 2.99. The van der Waals surface area contributed by atoms with Gasteiger partial charge in [0.15, 0.2) is 0 Å². The van der Waals surface area contributed by atoms with E-state index in [4.69, 9.17) is 4.74 Å². The van der Waals surface area contributed by atoms with E-state index in [0.29, 0.717) is 6.61 Å². The lowest BCUT2D eigenvalue weighted by atomic mass is 10.1. The molecule has 1 N–H and O–H groups in total. The van der Waals surface area contributed by atoms with E-state index < -0.39 is 0 Å². The fraction of sp³-hybridized carbons (Fsp3) is 0.368. The third kappa shape index (κ3) is 6.01. The Morgan fingerprint density at radius 3 is 2.79 bits per heavy atom. The highest BCUT2D eigenvalue weighted by Gasteiger charge is 1.98. The van der Waals surface area contributed by atoms with E-state index in [9.17, 15) is 4.79 Å². The van der Waals surface area contributed by atoms with Crippen LogP contribution in [0.3, 0.4) is 0 Å². The number of aromatic nitrogens is 2. The van der Waals surface area contributed by atoms with Crippen LogP contribution in [0.15, 0.2) is 42.7 Å². The number of ether oxygens (including phenoxy) is 1. The van der Waals surface area contributed by atoms with Crippen LogP contribution in [0.2, 0.25) is 0 Å². The first-order valence-corrected chi connectivity index (χ1v) is 8.31. The number of esters is 1. The Morgan fingerprint density at radius 2 is 2.12 bits per heavy atom. The number of hydrogen-bond donors (Lipinski definition) is 1. The van der Waals surface area contributed by atoms with Crippen molar-refractivity contribution in [2.24, 2.45) is 0 Å². The molecule has 2 aromatic rings. The zero-order chi connectivity index (χ0) is 17.2. The number of carbonyl (C=O) groups is 1. The van der Waals surface area contributed by atoms with Gasteiger partial charge in [0.05, 0.1) is 6.61 Å². The number of carbonyl (C=O) groups excluding carboxylic acids is 1. The minimum Gasteiger partial charge on any atom is -0.463 e. The lowest BCUT2D eigenvalue weighted by Gasteiger charge is -2.07. The van der Waals surface area contributed by atoms with E-state index in [0.717, 1.165) is 37.4 Å². The minimum absolute atomic E-state index is 0.309. The van der Waals surface area contributed by atoms with Crippen LogP contribution in [0.1, 0.15) is 30.3 Å². The smallest absolute Gasteiger partial charge is 0.330 e. The molecule has 0 atom stereocenters. The van der Waals surface area contributed by atoms with E-state index in [1.54, 1.807) is 13.0 Å². The molecule has 1 aromatic carbocycles. The summed E-state index contributed by atoms with van der Waals surface area (Å²) in [5, 5.41) is 3.44. The first kappa shape index (κ1) is 17.9. The molecular weight excluding hydrogens is 302 g/mol. The quantitative estimate of drug-likeness (QED) is 0.437. The molecule has 0 aliphatic carbocycles. The van der Waals surface area contributed by atoms with Gasteiger partial charge in [-0.1, -0.05) is 24.3 Å². The molecule has 5 nitrogen and oxygen atoms in total. The van der Waals surface area contributed by atoms with E-state index in [1.165, 1.54) is 11.6 Å². The third-order valence-corrected chi connectivity index (χ3v) is 3.68. The Labute approximate surface area is 143 Å². The van der Waals surface area contributed by atoms with Crippen LogP contribution in [0.5, 0.6) is 0 Å². The van der Waals surface area contributed by atoms with Gasteiger partial charge in [-0.05, 0) is 44.0 Å². The lowest BCUT2D eigenvalue weighted by molar-refractivity contribution is -0.137. The maximum Gasteiger partial charge on any atom is 0.330 e. The summed E-state index contributed by atoms with van der Waals surface area (Å²) in [5.74, 6) is 0.748. The SMILES string of the molecule is CCOC(=O)C=Cc1ccc(CNCCCn2ccnc2C)cc1. The molecule has 0 saturated heterocycles. The molecule has 0 bridgehead atoms. The Balaban J connectivity index is 1.68. The second-order valence-corrected chi connectivity index (χ2v) is 5.53. The van der Waals surface area contributed by atoms with E-state index in [1.807, 2.05) is 31.5 Å². The first-order chi connectivity index (χ1) is 11.7.